The molecule has 113 valence electrons. The Hall–Kier alpha value is -1.42. The maximum Gasteiger partial charge on any atom is 1.00 e. The molecule has 0 amide bonds. The zero-order chi connectivity index (χ0) is 16.2. The molecular formula is C14H7NaO7S-. The number of fused-ring (bicyclic) bond motifs is 2. The van der Waals surface area contributed by atoms with Crippen LogP contribution in [-0.2, 0) is 10.1 Å². The second kappa shape index (κ2) is 5.90. The molecule has 0 fully saturated rings. The van der Waals surface area contributed by atoms with Crippen molar-refractivity contribution in [1.82, 2.24) is 0 Å². The minimum absolute atomic E-state index is 0. The number of hydrogen-bond donors (Lipinski definition) is 2. The van der Waals surface area contributed by atoms with Crippen molar-refractivity contribution < 1.29 is 62.6 Å². The Morgan fingerprint density at radius 3 is 2.04 bits per heavy atom. The molecule has 0 spiro atoms. The van der Waals surface area contributed by atoms with Gasteiger partial charge in [-0.25, -0.2) is 0 Å². The molecular weight excluding hydrogens is 335 g/mol. The van der Waals surface area contributed by atoms with Crippen LogP contribution in [0, 0.1) is 6.10 Å². The van der Waals surface area contributed by atoms with Gasteiger partial charge in [0.15, 0.2) is 11.9 Å². The summed E-state index contributed by atoms with van der Waals surface area (Å²) in [4.78, 5) is 11.8. The first-order chi connectivity index (χ1) is 10.2. The van der Waals surface area contributed by atoms with Gasteiger partial charge in [0.25, 0.3) is 10.1 Å². The van der Waals surface area contributed by atoms with Crippen LogP contribution in [0.1, 0.15) is 27.0 Å². The van der Waals surface area contributed by atoms with E-state index in [2.05, 4.69) is 0 Å². The molecule has 1 aliphatic rings. The van der Waals surface area contributed by atoms with Gasteiger partial charge in [0.2, 0.25) is 0 Å². The van der Waals surface area contributed by atoms with Gasteiger partial charge in [-0.3, -0.25) is 9.35 Å². The quantitative estimate of drug-likeness (QED) is 0.414. The number of aliphatic hydroxyl groups excluding tert-OH is 1. The third kappa shape index (κ3) is 2.78. The van der Waals surface area contributed by atoms with E-state index in [1.165, 1.54) is 0 Å². The first kappa shape index (κ1) is 17.9. The number of carbonyl (C=O) groups excluding carboxylic acids is 1. The van der Waals surface area contributed by atoms with Gasteiger partial charge in [0, 0.05) is 16.7 Å². The Balaban J connectivity index is 0.00000192. The molecule has 0 heterocycles. The van der Waals surface area contributed by atoms with E-state index in [4.69, 9.17) is 4.55 Å². The largest absolute Gasteiger partial charge is 1.00 e. The molecule has 0 atom stereocenters. The molecule has 23 heavy (non-hydrogen) atoms. The smallest absolute Gasteiger partial charge is 0.872 e. The van der Waals surface area contributed by atoms with Crippen LogP contribution in [-0.4, -0.2) is 23.9 Å². The summed E-state index contributed by atoms with van der Waals surface area (Å²) >= 11 is 0. The second-order valence-electron chi connectivity index (χ2n) is 4.67. The summed E-state index contributed by atoms with van der Waals surface area (Å²) in [5, 5.41) is 33.8. The van der Waals surface area contributed by atoms with Gasteiger partial charge in [-0.05, 0) is 23.8 Å². The summed E-state index contributed by atoms with van der Waals surface area (Å²) in [5.41, 5.74) is -1.26. The molecule has 0 aliphatic heterocycles. The van der Waals surface area contributed by atoms with Crippen LogP contribution >= 0.6 is 0 Å². The average Bonchev–Trinajstić information content (AvgIpc) is 2.45. The van der Waals surface area contributed by atoms with Crippen LogP contribution in [0.3, 0.4) is 0 Å². The third-order valence-corrected chi connectivity index (χ3v) is 4.23. The fraction of sp³-hybridized carbons (Fsp3) is 0. The SMILES string of the molecule is O=C1c2ccc(S(=O)(=O)O)cc2[C](O)c2c([O-])ccc([O-])c21.[Na+]. The van der Waals surface area contributed by atoms with Crippen LogP contribution in [0.4, 0.5) is 0 Å². The molecule has 2 aromatic carbocycles. The molecule has 1 aliphatic carbocycles. The standard InChI is InChI=1S/C14H9O7S.Na/c15-9-3-4-10(16)12-11(9)13(17)7-2-1-6(22(19,20)21)5-8(7)14(12)18;/h1-5,15-16,18H,(H,19,20,21);/q;+1/p-2. The van der Waals surface area contributed by atoms with Crippen molar-refractivity contribution in [3.63, 3.8) is 0 Å². The first-order valence-corrected chi connectivity index (χ1v) is 7.39. The van der Waals surface area contributed by atoms with Crippen molar-refractivity contribution in [2.75, 3.05) is 0 Å². The fourth-order valence-electron chi connectivity index (χ4n) is 2.37. The van der Waals surface area contributed by atoms with Gasteiger partial charge in [-0.2, -0.15) is 8.42 Å². The predicted octanol–water partition coefficient (Wildman–Crippen LogP) is -3.07. The normalized spacial score (nSPS) is 13.9. The monoisotopic (exact) mass is 342 g/mol. The Kier molecular flexibility index (Phi) is 4.60. The summed E-state index contributed by atoms with van der Waals surface area (Å²) in [6.45, 7) is 0. The van der Waals surface area contributed by atoms with Crippen LogP contribution < -0.4 is 39.8 Å². The van der Waals surface area contributed by atoms with Crippen LogP contribution in [0.2, 0.25) is 0 Å². The fourth-order valence-corrected chi connectivity index (χ4v) is 2.88. The molecule has 0 unspecified atom stereocenters. The van der Waals surface area contributed by atoms with Gasteiger partial charge in [0.05, 0.1) is 4.90 Å². The zero-order valence-corrected chi connectivity index (χ0v) is 14.5. The Bertz CT molecular complexity index is 921. The van der Waals surface area contributed by atoms with Crippen LogP contribution in [0.5, 0.6) is 11.5 Å². The second-order valence-corrected chi connectivity index (χ2v) is 6.09. The molecule has 7 nitrogen and oxygen atoms in total. The van der Waals surface area contributed by atoms with Gasteiger partial charge in [-0.1, -0.05) is 17.9 Å². The van der Waals surface area contributed by atoms with E-state index in [1.807, 2.05) is 0 Å². The van der Waals surface area contributed by atoms with E-state index in [0.29, 0.717) is 0 Å². The number of hydrogen-bond acceptors (Lipinski definition) is 6. The van der Waals surface area contributed by atoms with E-state index in [1.54, 1.807) is 0 Å². The molecule has 0 bridgehead atoms. The van der Waals surface area contributed by atoms with Gasteiger partial charge in [-0.15, -0.1) is 5.75 Å². The van der Waals surface area contributed by atoms with Crippen molar-refractivity contribution in [3.8, 4) is 11.5 Å². The van der Waals surface area contributed by atoms with E-state index >= 15 is 0 Å². The topological polar surface area (TPSA) is 138 Å². The number of ketones is 1. The van der Waals surface area contributed by atoms with Gasteiger partial charge < -0.3 is 15.3 Å². The summed E-state index contributed by atoms with van der Waals surface area (Å²) in [6.07, 6.45) is -0.669. The Morgan fingerprint density at radius 2 is 1.48 bits per heavy atom. The Morgan fingerprint density at radius 1 is 0.913 bits per heavy atom. The number of aliphatic hydroxyl groups is 1. The Labute approximate surface area is 153 Å². The molecule has 0 saturated carbocycles. The van der Waals surface area contributed by atoms with E-state index in [0.717, 1.165) is 30.3 Å². The minimum atomic E-state index is -4.55. The molecule has 9 heteroatoms. The zero-order valence-electron chi connectivity index (χ0n) is 11.7. The first-order valence-electron chi connectivity index (χ1n) is 5.95. The molecule has 2 N–H and O–H groups in total. The van der Waals surface area contributed by atoms with Crippen molar-refractivity contribution >= 4 is 15.9 Å². The predicted molar refractivity (Wildman–Crippen MR) is 68.4 cm³/mol. The molecule has 2 aromatic rings. The molecule has 1 radical (unpaired) electrons. The minimum Gasteiger partial charge on any atom is -0.872 e. The van der Waals surface area contributed by atoms with Crippen LogP contribution in [0.25, 0.3) is 0 Å². The van der Waals surface area contributed by atoms with Crippen LogP contribution in [0.15, 0.2) is 35.2 Å². The average molecular weight is 342 g/mol. The van der Waals surface area contributed by atoms with Gasteiger partial charge in [0.1, 0.15) is 0 Å². The van der Waals surface area contributed by atoms with Gasteiger partial charge >= 0.3 is 29.6 Å². The summed E-state index contributed by atoms with van der Waals surface area (Å²) < 4.78 is 31.3. The number of rotatable bonds is 1. The molecule has 0 saturated heterocycles. The van der Waals surface area contributed by atoms with Crippen molar-refractivity contribution in [2.45, 2.75) is 4.90 Å². The third-order valence-electron chi connectivity index (χ3n) is 3.38. The van der Waals surface area contributed by atoms with E-state index in [-0.39, 0.29) is 40.7 Å². The maximum atomic E-state index is 12.3. The van der Waals surface area contributed by atoms with Crippen molar-refractivity contribution in [1.29, 1.82) is 0 Å². The number of carbonyl (C=O) groups is 1. The molecule has 0 aromatic heterocycles. The van der Waals surface area contributed by atoms with Crippen molar-refractivity contribution in [3.05, 3.63) is 58.7 Å². The summed E-state index contributed by atoms with van der Waals surface area (Å²) in [6, 6.07) is 4.76. The van der Waals surface area contributed by atoms with E-state index < -0.39 is 49.5 Å². The maximum absolute atomic E-state index is 12.3. The molecule has 3 rings (SSSR count). The van der Waals surface area contributed by atoms with Crippen molar-refractivity contribution in [2.24, 2.45) is 0 Å². The summed E-state index contributed by atoms with van der Waals surface area (Å²) in [5.74, 6) is -2.23. The summed E-state index contributed by atoms with van der Waals surface area (Å²) in [7, 11) is -4.55. The van der Waals surface area contributed by atoms with E-state index in [9.17, 15) is 28.5 Å². The number of benzene rings is 2.